The number of sulfonamides is 1. The highest BCUT2D eigenvalue weighted by Crippen LogP contribution is 2.36. The number of nitriles is 1. The highest BCUT2D eigenvalue weighted by molar-refractivity contribution is 7.93. The fourth-order valence-corrected chi connectivity index (χ4v) is 3.95. The van der Waals surface area contributed by atoms with Crippen molar-refractivity contribution in [3.63, 3.8) is 0 Å². The molecule has 31 heavy (non-hydrogen) atoms. The molecule has 0 bridgehead atoms. The molecule has 0 atom stereocenters. The molecule has 0 saturated heterocycles. The van der Waals surface area contributed by atoms with Crippen molar-refractivity contribution in [1.82, 2.24) is 4.57 Å². The Bertz CT molecular complexity index is 1260. The molecule has 0 saturated carbocycles. The second kappa shape index (κ2) is 8.15. The molecule has 0 fully saturated rings. The monoisotopic (exact) mass is 451 g/mol. The maximum Gasteiger partial charge on any atom is 0.573 e. The Morgan fingerprint density at radius 1 is 1.16 bits per heavy atom. The molecule has 0 radical (unpaired) electrons. The van der Waals surface area contributed by atoms with Crippen LogP contribution < -0.4 is 9.46 Å². The van der Waals surface area contributed by atoms with Crippen LogP contribution in [0.4, 0.5) is 18.9 Å². The molecular formula is C21H20F3N3O3S. The Morgan fingerprint density at radius 2 is 1.81 bits per heavy atom. The summed E-state index contributed by atoms with van der Waals surface area (Å²) in [5, 5.41) is 9.64. The van der Waals surface area contributed by atoms with Crippen molar-refractivity contribution in [1.29, 1.82) is 5.26 Å². The minimum absolute atomic E-state index is 0.311. The zero-order chi connectivity index (χ0) is 23.0. The molecule has 3 rings (SSSR count). The van der Waals surface area contributed by atoms with Crippen LogP contribution in [0.3, 0.4) is 0 Å². The van der Waals surface area contributed by atoms with Crippen LogP contribution in [-0.4, -0.2) is 24.6 Å². The zero-order valence-corrected chi connectivity index (χ0v) is 17.8. The van der Waals surface area contributed by atoms with E-state index in [1.54, 1.807) is 42.7 Å². The molecule has 1 aromatic heterocycles. The number of fused-ring (bicyclic) bond motifs is 1. The van der Waals surface area contributed by atoms with Crippen molar-refractivity contribution in [2.24, 2.45) is 0 Å². The number of ether oxygens (including phenoxy) is 1. The Kier molecular flexibility index (Phi) is 5.91. The first-order valence-corrected chi connectivity index (χ1v) is 11.0. The SMILES string of the molecule is CCn1c(-c2ccc(NS(=O)(=O)C(C)C)cc2)c(C#N)c2ccc(OC(F)(F)F)cc21. The van der Waals surface area contributed by atoms with Gasteiger partial charge in [0.1, 0.15) is 11.8 Å². The van der Waals surface area contributed by atoms with Crippen LogP contribution in [0.5, 0.6) is 5.75 Å². The predicted octanol–water partition coefficient (Wildman–Crippen LogP) is 5.25. The molecule has 6 nitrogen and oxygen atoms in total. The summed E-state index contributed by atoms with van der Waals surface area (Å²) in [6.45, 7) is 5.33. The van der Waals surface area contributed by atoms with Crippen molar-refractivity contribution in [2.45, 2.75) is 38.9 Å². The number of alkyl halides is 3. The lowest BCUT2D eigenvalue weighted by Crippen LogP contribution is -2.22. The Morgan fingerprint density at radius 3 is 2.32 bits per heavy atom. The molecule has 164 valence electrons. The number of benzene rings is 2. The van der Waals surface area contributed by atoms with Crippen molar-refractivity contribution in [2.75, 3.05) is 4.72 Å². The van der Waals surface area contributed by atoms with Gasteiger partial charge in [0.15, 0.2) is 0 Å². The summed E-state index contributed by atoms with van der Waals surface area (Å²) >= 11 is 0. The minimum atomic E-state index is -4.82. The molecule has 0 aliphatic heterocycles. The first-order chi connectivity index (χ1) is 14.5. The third-order valence-electron chi connectivity index (χ3n) is 4.74. The fourth-order valence-electron chi connectivity index (χ4n) is 3.25. The van der Waals surface area contributed by atoms with Crippen LogP contribution in [0.15, 0.2) is 42.5 Å². The third kappa shape index (κ3) is 4.61. The highest BCUT2D eigenvalue weighted by Gasteiger charge is 2.31. The van der Waals surface area contributed by atoms with Gasteiger partial charge in [0.05, 0.1) is 22.0 Å². The molecule has 0 aliphatic carbocycles. The Balaban J connectivity index is 2.10. The molecule has 3 aromatic rings. The number of aromatic nitrogens is 1. The maximum atomic E-state index is 12.6. The number of aryl methyl sites for hydroxylation is 1. The van der Waals surface area contributed by atoms with Gasteiger partial charge in [0.2, 0.25) is 10.0 Å². The van der Waals surface area contributed by atoms with Gasteiger partial charge in [-0.15, -0.1) is 13.2 Å². The van der Waals surface area contributed by atoms with Gasteiger partial charge < -0.3 is 9.30 Å². The first-order valence-electron chi connectivity index (χ1n) is 9.41. The summed E-state index contributed by atoms with van der Waals surface area (Å²) in [4.78, 5) is 0. The molecule has 1 N–H and O–H groups in total. The van der Waals surface area contributed by atoms with Gasteiger partial charge in [-0.2, -0.15) is 5.26 Å². The first kappa shape index (κ1) is 22.5. The normalized spacial score (nSPS) is 12.2. The van der Waals surface area contributed by atoms with Crippen LogP contribution in [0.1, 0.15) is 26.3 Å². The molecule has 1 heterocycles. The molecular weight excluding hydrogens is 431 g/mol. The molecule has 0 unspecified atom stereocenters. The van der Waals surface area contributed by atoms with E-state index in [1.807, 2.05) is 6.92 Å². The van der Waals surface area contributed by atoms with Gasteiger partial charge >= 0.3 is 6.36 Å². The Hall–Kier alpha value is -3.19. The molecule has 0 amide bonds. The van der Waals surface area contributed by atoms with Crippen LogP contribution in [-0.2, 0) is 16.6 Å². The van der Waals surface area contributed by atoms with Crippen LogP contribution >= 0.6 is 0 Å². The average Bonchev–Trinajstić information content (AvgIpc) is 2.99. The van der Waals surface area contributed by atoms with E-state index in [2.05, 4.69) is 15.5 Å². The van der Waals surface area contributed by atoms with Gasteiger partial charge in [-0.25, -0.2) is 8.42 Å². The van der Waals surface area contributed by atoms with E-state index in [1.165, 1.54) is 18.2 Å². The van der Waals surface area contributed by atoms with Gasteiger partial charge in [-0.05, 0) is 50.6 Å². The standard InChI is InChI=1S/C21H20F3N3O3S/c1-4-27-19-11-16(30-21(22,23)24)9-10-17(19)18(12-25)20(27)14-5-7-15(8-6-14)26-31(28,29)13(2)3/h5-11,13,26H,4H2,1-3H3. The lowest BCUT2D eigenvalue weighted by atomic mass is 10.1. The van der Waals surface area contributed by atoms with Crippen molar-refractivity contribution in [3.8, 4) is 23.1 Å². The fraction of sp³-hybridized carbons (Fsp3) is 0.286. The van der Waals surface area contributed by atoms with Gasteiger partial charge in [0.25, 0.3) is 0 Å². The second-order valence-corrected chi connectivity index (χ2v) is 9.32. The lowest BCUT2D eigenvalue weighted by molar-refractivity contribution is -0.274. The summed E-state index contributed by atoms with van der Waals surface area (Å²) in [5.41, 5.74) is 2.27. The number of hydrogen-bond donors (Lipinski definition) is 1. The van der Waals surface area contributed by atoms with E-state index in [4.69, 9.17) is 0 Å². The van der Waals surface area contributed by atoms with Crippen LogP contribution in [0, 0.1) is 11.3 Å². The third-order valence-corrected chi connectivity index (χ3v) is 6.50. The highest BCUT2D eigenvalue weighted by atomic mass is 32.2. The van der Waals surface area contributed by atoms with E-state index in [0.717, 1.165) is 0 Å². The lowest BCUT2D eigenvalue weighted by Gasteiger charge is -2.13. The summed E-state index contributed by atoms with van der Waals surface area (Å²) in [5.74, 6) is -0.373. The van der Waals surface area contributed by atoms with Crippen molar-refractivity contribution < 1.29 is 26.3 Å². The molecule has 2 aromatic carbocycles. The smallest absolute Gasteiger partial charge is 0.406 e. The van der Waals surface area contributed by atoms with E-state index < -0.39 is 21.6 Å². The van der Waals surface area contributed by atoms with E-state index >= 15 is 0 Å². The van der Waals surface area contributed by atoms with Crippen molar-refractivity contribution in [3.05, 3.63) is 48.0 Å². The zero-order valence-electron chi connectivity index (χ0n) is 17.0. The maximum absolute atomic E-state index is 12.6. The van der Waals surface area contributed by atoms with Gasteiger partial charge in [-0.1, -0.05) is 12.1 Å². The quantitative estimate of drug-likeness (QED) is 0.555. The second-order valence-electron chi connectivity index (χ2n) is 7.08. The number of anilines is 1. The van der Waals surface area contributed by atoms with E-state index in [9.17, 15) is 26.9 Å². The number of halogens is 3. The van der Waals surface area contributed by atoms with Crippen molar-refractivity contribution >= 4 is 26.6 Å². The predicted molar refractivity (Wildman–Crippen MR) is 112 cm³/mol. The Labute approximate surface area is 177 Å². The molecule has 0 spiro atoms. The summed E-state index contributed by atoms with van der Waals surface area (Å²) < 4.78 is 70.2. The topological polar surface area (TPSA) is 84.1 Å². The number of nitrogens with zero attached hydrogens (tertiary/aromatic N) is 2. The largest absolute Gasteiger partial charge is 0.573 e. The number of nitrogens with one attached hydrogen (secondary N) is 1. The molecule has 0 aliphatic rings. The summed E-state index contributed by atoms with van der Waals surface area (Å²) in [6, 6.07) is 12.5. The minimum Gasteiger partial charge on any atom is -0.406 e. The number of hydrogen-bond acceptors (Lipinski definition) is 4. The summed E-state index contributed by atoms with van der Waals surface area (Å²) in [7, 11) is -3.51. The van der Waals surface area contributed by atoms with Gasteiger partial charge in [-0.3, -0.25) is 4.72 Å². The summed E-state index contributed by atoms with van der Waals surface area (Å²) in [6.07, 6.45) is -4.82. The van der Waals surface area contributed by atoms with Gasteiger partial charge in [0, 0.05) is 23.7 Å². The molecule has 10 heteroatoms. The van der Waals surface area contributed by atoms with Crippen LogP contribution in [0.2, 0.25) is 0 Å². The number of rotatable bonds is 6. The van der Waals surface area contributed by atoms with E-state index in [0.29, 0.717) is 40.0 Å². The average molecular weight is 451 g/mol. The van der Waals surface area contributed by atoms with E-state index in [-0.39, 0.29) is 5.75 Å². The van der Waals surface area contributed by atoms with Crippen LogP contribution in [0.25, 0.3) is 22.2 Å².